The summed E-state index contributed by atoms with van der Waals surface area (Å²) >= 11 is 1.68. The Bertz CT molecular complexity index is 558. The van der Waals surface area contributed by atoms with Crippen molar-refractivity contribution >= 4 is 17.2 Å². The predicted octanol–water partition coefficient (Wildman–Crippen LogP) is 2.64. The first-order valence-corrected chi connectivity index (χ1v) is 10.2. The van der Waals surface area contributed by atoms with E-state index in [2.05, 4.69) is 21.2 Å². The third-order valence-electron chi connectivity index (χ3n) is 5.65. The van der Waals surface area contributed by atoms with Crippen molar-refractivity contribution in [3.63, 3.8) is 0 Å². The van der Waals surface area contributed by atoms with E-state index < -0.39 is 0 Å². The molecule has 0 bridgehead atoms. The number of hydrogen-bond donors (Lipinski definition) is 0. The fourth-order valence-corrected chi connectivity index (χ4v) is 4.94. The number of carbonyl (C=O) groups is 1. The molecule has 2 aliphatic heterocycles. The maximum Gasteiger partial charge on any atom is 0.227 e. The molecule has 1 unspecified atom stereocenters. The molecule has 2 saturated heterocycles. The van der Waals surface area contributed by atoms with Gasteiger partial charge in [0.15, 0.2) is 0 Å². The van der Waals surface area contributed by atoms with Crippen LogP contribution in [0.25, 0.3) is 0 Å². The lowest BCUT2D eigenvalue weighted by atomic mass is 9.80. The second-order valence-electron chi connectivity index (χ2n) is 7.91. The number of hydrogen-bond acceptors (Lipinski definition) is 4. The van der Waals surface area contributed by atoms with Crippen molar-refractivity contribution in [2.24, 2.45) is 11.3 Å². The molecule has 4 nitrogen and oxygen atoms in total. The van der Waals surface area contributed by atoms with E-state index in [1.807, 2.05) is 6.07 Å². The molecule has 1 aromatic heterocycles. The van der Waals surface area contributed by atoms with Gasteiger partial charge in [-0.3, -0.25) is 4.79 Å². The van der Waals surface area contributed by atoms with E-state index in [0.29, 0.717) is 6.42 Å². The summed E-state index contributed by atoms with van der Waals surface area (Å²) in [5.41, 5.74) is 0.148. The van der Waals surface area contributed by atoms with E-state index >= 15 is 0 Å². The van der Waals surface area contributed by atoms with E-state index in [9.17, 15) is 4.79 Å². The molecule has 3 aliphatic rings. The highest BCUT2D eigenvalue weighted by molar-refractivity contribution is 7.10. The largest absolute Gasteiger partial charge is 0.379 e. The first kappa shape index (κ1) is 16.6. The fraction of sp³-hybridized carbons (Fsp3) is 0.737. The van der Waals surface area contributed by atoms with Crippen molar-refractivity contribution in [3.8, 4) is 0 Å². The molecule has 0 N–H and O–H groups in total. The fourth-order valence-electron chi connectivity index (χ4n) is 4.24. The smallest absolute Gasteiger partial charge is 0.227 e. The molecular weight excluding hydrogens is 320 g/mol. The SMILES string of the molecule is O=C(Cc1cccs1)N1CCCC2(COCCN(CC3CC3)C2)C1. The molecule has 24 heavy (non-hydrogen) atoms. The standard InChI is InChI=1S/C19H28N2O2S/c22-18(11-17-3-1-10-24-17)21-7-2-6-19(14-21)13-20(8-9-23-15-19)12-16-4-5-16/h1,3,10,16H,2,4-9,11-15H2. The number of thiophene rings is 1. The summed E-state index contributed by atoms with van der Waals surface area (Å²) in [4.78, 5) is 18.6. The van der Waals surface area contributed by atoms with Gasteiger partial charge in [0.1, 0.15) is 0 Å². The number of ether oxygens (including phenoxy) is 1. The zero-order chi connectivity index (χ0) is 16.4. The minimum Gasteiger partial charge on any atom is -0.379 e. The van der Waals surface area contributed by atoms with E-state index in [0.717, 1.165) is 51.7 Å². The first-order chi connectivity index (χ1) is 11.7. The Morgan fingerprint density at radius 3 is 3.04 bits per heavy atom. The average molecular weight is 349 g/mol. The Kier molecular flexibility index (Phi) is 4.93. The molecule has 3 heterocycles. The number of amides is 1. The predicted molar refractivity (Wildman–Crippen MR) is 96.3 cm³/mol. The Hall–Kier alpha value is -0.910. The van der Waals surface area contributed by atoms with Crippen LogP contribution in [0.2, 0.25) is 0 Å². The van der Waals surface area contributed by atoms with Gasteiger partial charge in [0.25, 0.3) is 0 Å². The summed E-state index contributed by atoms with van der Waals surface area (Å²) in [6.45, 7) is 6.84. The molecule has 132 valence electrons. The lowest BCUT2D eigenvalue weighted by molar-refractivity contribution is -0.135. The van der Waals surface area contributed by atoms with Crippen molar-refractivity contribution in [3.05, 3.63) is 22.4 Å². The number of rotatable bonds is 4. The molecule has 1 spiro atoms. The van der Waals surface area contributed by atoms with Crippen LogP contribution in [0.1, 0.15) is 30.6 Å². The third-order valence-corrected chi connectivity index (χ3v) is 6.53. The van der Waals surface area contributed by atoms with E-state index in [4.69, 9.17) is 4.74 Å². The summed E-state index contributed by atoms with van der Waals surface area (Å²) in [6.07, 6.45) is 5.65. The van der Waals surface area contributed by atoms with E-state index in [-0.39, 0.29) is 11.3 Å². The Balaban J connectivity index is 1.40. The molecule has 0 radical (unpaired) electrons. The van der Waals surface area contributed by atoms with Gasteiger partial charge in [-0.1, -0.05) is 6.07 Å². The lowest BCUT2D eigenvalue weighted by Crippen LogP contribution is -2.52. The van der Waals surface area contributed by atoms with Crippen molar-refractivity contribution in [1.82, 2.24) is 9.80 Å². The molecule has 1 atom stereocenters. The van der Waals surface area contributed by atoms with Gasteiger partial charge in [-0.25, -0.2) is 0 Å². The quantitative estimate of drug-likeness (QED) is 0.839. The Labute approximate surface area is 148 Å². The zero-order valence-electron chi connectivity index (χ0n) is 14.4. The van der Waals surface area contributed by atoms with Gasteiger partial charge < -0.3 is 14.5 Å². The van der Waals surface area contributed by atoms with Crippen molar-refractivity contribution in [2.75, 3.05) is 45.9 Å². The van der Waals surface area contributed by atoms with Crippen LogP contribution in [0.3, 0.4) is 0 Å². The highest BCUT2D eigenvalue weighted by Gasteiger charge is 2.41. The van der Waals surface area contributed by atoms with Crippen LogP contribution in [0.4, 0.5) is 0 Å². The van der Waals surface area contributed by atoms with Gasteiger partial charge in [0.2, 0.25) is 5.91 Å². The number of likely N-dealkylation sites (tertiary alicyclic amines) is 1. The first-order valence-electron chi connectivity index (χ1n) is 9.33. The molecule has 0 aromatic carbocycles. The van der Waals surface area contributed by atoms with E-state index in [1.54, 1.807) is 11.3 Å². The average Bonchev–Trinajstić information content (AvgIpc) is 3.29. The highest BCUT2D eigenvalue weighted by Crippen LogP contribution is 2.36. The maximum absolute atomic E-state index is 12.7. The molecule has 1 aromatic rings. The second kappa shape index (κ2) is 7.14. The number of carbonyl (C=O) groups excluding carboxylic acids is 1. The highest BCUT2D eigenvalue weighted by atomic mass is 32.1. The minimum absolute atomic E-state index is 0.148. The minimum atomic E-state index is 0.148. The summed E-state index contributed by atoms with van der Waals surface area (Å²) in [5.74, 6) is 1.20. The van der Waals surface area contributed by atoms with Gasteiger partial charge >= 0.3 is 0 Å². The van der Waals surface area contributed by atoms with Crippen LogP contribution < -0.4 is 0 Å². The second-order valence-corrected chi connectivity index (χ2v) is 8.94. The van der Waals surface area contributed by atoms with Crippen LogP contribution >= 0.6 is 11.3 Å². The van der Waals surface area contributed by atoms with Gasteiger partial charge in [0.05, 0.1) is 19.6 Å². The summed E-state index contributed by atoms with van der Waals surface area (Å²) in [7, 11) is 0. The van der Waals surface area contributed by atoms with Crippen LogP contribution in [-0.2, 0) is 16.0 Å². The zero-order valence-corrected chi connectivity index (χ0v) is 15.2. The van der Waals surface area contributed by atoms with Crippen molar-refractivity contribution in [2.45, 2.75) is 32.1 Å². The maximum atomic E-state index is 12.7. The Morgan fingerprint density at radius 1 is 1.33 bits per heavy atom. The lowest BCUT2D eigenvalue weighted by Gasteiger charge is -2.43. The molecule has 4 rings (SSSR count). The molecule has 3 fully saturated rings. The van der Waals surface area contributed by atoms with Crippen LogP contribution in [0.15, 0.2) is 17.5 Å². The van der Waals surface area contributed by atoms with Crippen molar-refractivity contribution in [1.29, 1.82) is 0 Å². The van der Waals surface area contributed by atoms with Gasteiger partial charge in [-0.2, -0.15) is 0 Å². The molecule has 5 heteroatoms. The van der Waals surface area contributed by atoms with Crippen LogP contribution in [0, 0.1) is 11.3 Å². The monoisotopic (exact) mass is 348 g/mol. The van der Waals surface area contributed by atoms with Gasteiger partial charge in [0, 0.05) is 43.0 Å². The van der Waals surface area contributed by atoms with Crippen molar-refractivity contribution < 1.29 is 9.53 Å². The molecule has 1 aliphatic carbocycles. The Morgan fingerprint density at radius 2 is 2.25 bits per heavy atom. The summed E-state index contributed by atoms with van der Waals surface area (Å²) < 4.78 is 5.98. The van der Waals surface area contributed by atoms with Gasteiger partial charge in [-0.15, -0.1) is 11.3 Å². The summed E-state index contributed by atoms with van der Waals surface area (Å²) in [6, 6.07) is 4.09. The topological polar surface area (TPSA) is 32.8 Å². The molecular formula is C19H28N2O2S. The molecule has 1 amide bonds. The van der Waals surface area contributed by atoms with Crippen LogP contribution in [0.5, 0.6) is 0 Å². The van der Waals surface area contributed by atoms with Gasteiger partial charge in [-0.05, 0) is 43.0 Å². The third kappa shape index (κ3) is 4.01. The number of nitrogens with zero attached hydrogens (tertiary/aromatic N) is 2. The molecule has 1 saturated carbocycles. The van der Waals surface area contributed by atoms with Crippen LogP contribution in [-0.4, -0.2) is 61.6 Å². The normalized spacial score (nSPS) is 28.9. The van der Waals surface area contributed by atoms with E-state index in [1.165, 1.54) is 30.7 Å². The summed E-state index contributed by atoms with van der Waals surface area (Å²) in [5, 5.41) is 2.05. The number of piperidine rings is 1.